The second kappa shape index (κ2) is 6.91. The molecule has 2 atom stereocenters. The maximum absolute atomic E-state index is 6.44. The number of hydrogen-bond acceptors (Lipinski definition) is 3. The molecule has 0 aromatic heterocycles. The van der Waals surface area contributed by atoms with Crippen LogP contribution in [-0.2, 0) is 10.2 Å². The maximum atomic E-state index is 6.44. The average Bonchev–Trinajstić information content (AvgIpc) is 2.46. The normalized spacial score (nSPS) is 22.2. The van der Waals surface area contributed by atoms with Gasteiger partial charge in [-0.15, -0.1) is 0 Å². The van der Waals surface area contributed by atoms with Gasteiger partial charge in [-0.2, -0.15) is 0 Å². The Labute approximate surface area is 129 Å². The van der Waals surface area contributed by atoms with Crippen molar-refractivity contribution in [2.45, 2.75) is 51.7 Å². The van der Waals surface area contributed by atoms with Gasteiger partial charge >= 0.3 is 0 Å². The van der Waals surface area contributed by atoms with Gasteiger partial charge < -0.3 is 10.5 Å². The van der Waals surface area contributed by atoms with Crippen LogP contribution in [0.15, 0.2) is 24.3 Å². The van der Waals surface area contributed by atoms with Crippen molar-refractivity contribution in [2.75, 3.05) is 26.2 Å². The third kappa shape index (κ3) is 4.29. The summed E-state index contributed by atoms with van der Waals surface area (Å²) in [7, 11) is 0. The maximum Gasteiger partial charge on any atom is 0.0894 e. The van der Waals surface area contributed by atoms with Crippen molar-refractivity contribution in [2.24, 2.45) is 5.73 Å². The molecule has 0 bridgehead atoms. The molecule has 0 amide bonds. The summed E-state index contributed by atoms with van der Waals surface area (Å²) in [5.41, 5.74) is 9.13. The summed E-state index contributed by atoms with van der Waals surface area (Å²) < 4.78 is 5.90. The van der Waals surface area contributed by atoms with Crippen molar-refractivity contribution in [3.05, 3.63) is 35.4 Å². The van der Waals surface area contributed by atoms with Crippen LogP contribution in [0.5, 0.6) is 0 Å². The highest BCUT2D eigenvalue weighted by molar-refractivity contribution is 5.29. The van der Waals surface area contributed by atoms with Crippen molar-refractivity contribution in [3.63, 3.8) is 0 Å². The van der Waals surface area contributed by atoms with E-state index in [4.69, 9.17) is 10.5 Å². The van der Waals surface area contributed by atoms with Crippen molar-refractivity contribution < 1.29 is 4.74 Å². The van der Waals surface area contributed by atoms with E-state index in [9.17, 15) is 0 Å². The van der Waals surface area contributed by atoms with Crippen molar-refractivity contribution in [3.8, 4) is 0 Å². The van der Waals surface area contributed by atoms with E-state index < -0.39 is 0 Å². The zero-order chi connectivity index (χ0) is 15.5. The highest BCUT2D eigenvalue weighted by Gasteiger charge is 2.26. The number of morpholine rings is 1. The number of benzene rings is 1. The summed E-state index contributed by atoms with van der Waals surface area (Å²) in [5.74, 6) is 0. The molecule has 1 aliphatic rings. The molecule has 118 valence electrons. The molecule has 1 aliphatic heterocycles. The van der Waals surface area contributed by atoms with Crippen molar-refractivity contribution >= 4 is 0 Å². The first-order valence-electron chi connectivity index (χ1n) is 8.12. The van der Waals surface area contributed by atoms with Crippen LogP contribution >= 0.6 is 0 Å². The largest absolute Gasteiger partial charge is 0.374 e. The Morgan fingerprint density at radius 1 is 1.29 bits per heavy atom. The molecular weight excluding hydrogens is 260 g/mol. The Kier molecular flexibility index (Phi) is 5.42. The second-order valence-electron chi connectivity index (χ2n) is 7.11. The molecule has 1 fully saturated rings. The van der Waals surface area contributed by atoms with Gasteiger partial charge in [-0.1, -0.05) is 52.0 Å². The van der Waals surface area contributed by atoms with Crippen LogP contribution in [0, 0.1) is 0 Å². The number of nitrogens with zero attached hydrogens (tertiary/aromatic N) is 1. The predicted octanol–water partition coefficient (Wildman–Crippen LogP) is 3.09. The average molecular weight is 290 g/mol. The SMILES string of the molecule is CCCN1CCOC(C(N)c2ccc(C(C)(C)C)cc2)C1. The highest BCUT2D eigenvalue weighted by Crippen LogP contribution is 2.25. The van der Waals surface area contributed by atoms with Gasteiger partial charge in [0.2, 0.25) is 0 Å². The number of hydrogen-bond donors (Lipinski definition) is 1. The molecule has 0 saturated carbocycles. The van der Waals surface area contributed by atoms with Crippen molar-refractivity contribution in [1.82, 2.24) is 4.90 Å². The Morgan fingerprint density at radius 2 is 1.95 bits per heavy atom. The number of ether oxygens (including phenoxy) is 1. The quantitative estimate of drug-likeness (QED) is 0.926. The Hall–Kier alpha value is -0.900. The van der Waals surface area contributed by atoms with E-state index in [1.54, 1.807) is 0 Å². The van der Waals surface area contributed by atoms with Crippen LogP contribution in [0.2, 0.25) is 0 Å². The minimum atomic E-state index is -0.0429. The summed E-state index contributed by atoms with van der Waals surface area (Å²) in [5, 5.41) is 0. The predicted molar refractivity (Wildman–Crippen MR) is 88.5 cm³/mol. The number of nitrogens with two attached hydrogens (primary N) is 1. The molecule has 2 rings (SSSR count). The molecular formula is C18H30N2O. The molecule has 1 aromatic carbocycles. The second-order valence-corrected chi connectivity index (χ2v) is 7.11. The van der Waals surface area contributed by atoms with Crippen LogP contribution in [0.3, 0.4) is 0 Å². The minimum absolute atomic E-state index is 0.0429. The Morgan fingerprint density at radius 3 is 2.52 bits per heavy atom. The first-order chi connectivity index (χ1) is 9.91. The van der Waals surface area contributed by atoms with E-state index in [1.165, 1.54) is 17.5 Å². The molecule has 0 spiro atoms. The molecule has 1 aromatic rings. The summed E-state index contributed by atoms with van der Waals surface area (Å²) in [6.07, 6.45) is 1.29. The minimum Gasteiger partial charge on any atom is -0.374 e. The molecule has 1 saturated heterocycles. The third-order valence-electron chi connectivity index (χ3n) is 4.28. The lowest BCUT2D eigenvalue weighted by atomic mass is 9.86. The zero-order valence-corrected chi connectivity index (χ0v) is 13.9. The molecule has 0 radical (unpaired) electrons. The van der Waals surface area contributed by atoms with Crippen LogP contribution in [0.25, 0.3) is 0 Å². The van der Waals surface area contributed by atoms with Gasteiger partial charge in [-0.25, -0.2) is 0 Å². The van der Waals surface area contributed by atoms with Crippen LogP contribution in [-0.4, -0.2) is 37.2 Å². The fourth-order valence-electron chi connectivity index (χ4n) is 2.89. The smallest absolute Gasteiger partial charge is 0.0894 e. The lowest BCUT2D eigenvalue weighted by Gasteiger charge is -2.35. The van der Waals surface area contributed by atoms with E-state index in [0.29, 0.717) is 0 Å². The summed E-state index contributed by atoms with van der Waals surface area (Å²) >= 11 is 0. The Balaban J connectivity index is 2.03. The third-order valence-corrected chi connectivity index (χ3v) is 4.28. The topological polar surface area (TPSA) is 38.5 Å². The lowest BCUT2D eigenvalue weighted by molar-refractivity contribution is -0.0408. The van der Waals surface area contributed by atoms with Gasteiger partial charge in [-0.3, -0.25) is 4.90 Å². The van der Waals surface area contributed by atoms with Crippen LogP contribution < -0.4 is 5.73 Å². The van der Waals surface area contributed by atoms with Crippen LogP contribution in [0.4, 0.5) is 0 Å². The van der Waals surface area contributed by atoms with E-state index in [0.717, 1.165) is 26.2 Å². The van der Waals surface area contributed by atoms with E-state index in [2.05, 4.69) is 56.9 Å². The molecule has 3 nitrogen and oxygen atoms in total. The molecule has 3 heteroatoms. The van der Waals surface area contributed by atoms with Crippen LogP contribution in [0.1, 0.15) is 51.3 Å². The van der Waals surface area contributed by atoms with Gasteiger partial charge in [-0.05, 0) is 29.5 Å². The van der Waals surface area contributed by atoms with Gasteiger partial charge in [0, 0.05) is 13.1 Å². The zero-order valence-electron chi connectivity index (χ0n) is 13.9. The fourth-order valence-corrected chi connectivity index (χ4v) is 2.89. The van der Waals surface area contributed by atoms with E-state index in [-0.39, 0.29) is 17.6 Å². The molecule has 2 N–H and O–H groups in total. The Bertz CT molecular complexity index is 434. The first kappa shape index (κ1) is 16.5. The van der Waals surface area contributed by atoms with Gasteiger partial charge in [0.25, 0.3) is 0 Å². The first-order valence-corrected chi connectivity index (χ1v) is 8.12. The summed E-state index contributed by atoms with van der Waals surface area (Å²) in [6.45, 7) is 12.8. The standard InChI is InChI=1S/C18H30N2O/c1-5-10-20-11-12-21-16(13-20)17(19)14-6-8-15(9-7-14)18(2,3)4/h6-9,16-17H,5,10-13,19H2,1-4H3. The lowest BCUT2D eigenvalue weighted by Crippen LogP contribution is -2.47. The summed E-state index contributed by atoms with van der Waals surface area (Å²) in [4.78, 5) is 2.46. The molecule has 2 unspecified atom stereocenters. The van der Waals surface area contributed by atoms with Gasteiger partial charge in [0.1, 0.15) is 0 Å². The fraction of sp³-hybridized carbons (Fsp3) is 0.667. The highest BCUT2D eigenvalue weighted by atomic mass is 16.5. The monoisotopic (exact) mass is 290 g/mol. The van der Waals surface area contributed by atoms with E-state index in [1.807, 2.05) is 0 Å². The molecule has 1 heterocycles. The van der Waals surface area contributed by atoms with Gasteiger partial charge in [0.05, 0.1) is 18.8 Å². The van der Waals surface area contributed by atoms with Gasteiger partial charge in [0.15, 0.2) is 0 Å². The molecule has 0 aliphatic carbocycles. The van der Waals surface area contributed by atoms with E-state index >= 15 is 0 Å². The van der Waals surface area contributed by atoms with Crippen molar-refractivity contribution in [1.29, 1.82) is 0 Å². The summed E-state index contributed by atoms with van der Waals surface area (Å²) in [6, 6.07) is 8.67. The molecule has 21 heavy (non-hydrogen) atoms. The number of rotatable bonds is 4.